The van der Waals surface area contributed by atoms with Gasteiger partial charge in [0.1, 0.15) is 11.9 Å². The van der Waals surface area contributed by atoms with Gasteiger partial charge in [-0.2, -0.15) is 0 Å². The molecule has 0 saturated carbocycles. The smallest absolute Gasteiger partial charge is 0.111 e. The fraction of sp³-hybridized carbons (Fsp3) is 0.600. The molecule has 1 unspecified atom stereocenters. The van der Waals surface area contributed by atoms with Gasteiger partial charge in [0.15, 0.2) is 0 Å². The van der Waals surface area contributed by atoms with Crippen LogP contribution in [-0.4, -0.2) is 19.6 Å². The molecule has 0 aliphatic carbocycles. The van der Waals surface area contributed by atoms with E-state index in [0.717, 1.165) is 29.5 Å². The lowest BCUT2D eigenvalue weighted by Crippen LogP contribution is -2.12. The van der Waals surface area contributed by atoms with Crippen molar-refractivity contribution in [3.63, 3.8) is 0 Å². The summed E-state index contributed by atoms with van der Waals surface area (Å²) in [6, 6.07) is 0. The molecule has 5 heteroatoms. The lowest BCUT2D eigenvalue weighted by Gasteiger charge is -2.14. The van der Waals surface area contributed by atoms with E-state index in [4.69, 9.17) is 0 Å². The minimum atomic E-state index is -0.583. The second-order valence-corrected chi connectivity index (χ2v) is 6.94. The van der Waals surface area contributed by atoms with Crippen molar-refractivity contribution in [2.45, 2.75) is 58.6 Å². The van der Waals surface area contributed by atoms with Crippen LogP contribution in [0.1, 0.15) is 56.7 Å². The highest BCUT2D eigenvalue weighted by Gasteiger charge is 2.21. The lowest BCUT2D eigenvalue weighted by atomic mass is 9.98. The third-order valence-corrected chi connectivity index (χ3v) is 4.43. The van der Waals surface area contributed by atoms with Crippen molar-refractivity contribution in [3.8, 4) is 0 Å². The number of aromatic nitrogens is 3. The Hall–Kier alpha value is -1.20. The maximum absolute atomic E-state index is 10.4. The number of rotatable bonds is 5. The van der Waals surface area contributed by atoms with Crippen LogP contribution in [0.4, 0.5) is 0 Å². The maximum Gasteiger partial charge on any atom is 0.111 e. The summed E-state index contributed by atoms with van der Waals surface area (Å²) in [7, 11) is 0. The molecule has 2 aromatic heterocycles. The van der Waals surface area contributed by atoms with Crippen molar-refractivity contribution in [1.82, 2.24) is 14.5 Å². The van der Waals surface area contributed by atoms with Crippen molar-refractivity contribution in [2.75, 3.05) is 0 Å². The second-order valence-electron chi connectivity index (χ2n) is 6.08. The molecule has 110 valence electrons. The van der Waals surface area contributed by atoms with Gasteiger partial charge in [-0.3, -0.25) is 0 Å². The molecule has 0 aliphatic rings. The van der Waals surface area contributed by atoms with E-state index >= 15 is 0 Å². The van der Waals surface area contributed by atoms with Gasteiger partial charge in [-0.05, 0) is 6.42 Å². The van der Waals surface area contributed by atoms with E-state index in [1.54, 1.807) is 17.5 Å². The SMILES string of the molecule is CCCn1ccnc1CC(O)c1csc(C(C)(C)C)n1. The van der Waals surface area contributed by atoms with E-state index < -0.39 is 6.10 Å². The van der Waals surface area contributed by atoms with E-state index in [1.165, 1.54) is 0 Å². The molecule has 1 N–H and O–H groups in total. The minimum Gasteiger partial charge on any atom is -0.386 e. The average molecular weight is 293 g/mol. The first-order chi connectivity index (χ1) is 9.41. The first-order valence-electron chi connectivity index (χ1n) is 7.05. The number of hydrogen-bond donors (Lipinski definition) is 1. The van der Waals surface area contributed by atoms with E-state index in [2.05, 4.69) is 42.2 Å². The number of imidazole rings is 1. The Labute approximate surface area is 124 Å². The summed E-state index contributed by atoms with van der Waals surface area (Å²) in [5.41, 5.74) is 0.787. The highest BCUT2D eigenvalue weighted by atomic mass is 32.1. The molecule has 0 aromatic carbocycles. The van der Waals surface area contributed by atoms with Crippen LogP contribution < -0.4 is 0 Å². The zero-order chi connectivity index (χ0) is 14.8. The maximum atomic E-state index is 10.4. The number of aryl methyl sites for hydroxylation is 1. The van der Waals surface area contributed by atoms with Crippen LogP contribution in [0, 0.1) is 0 Å². The van der Waals surface area contributed by atoms with Gasteiger partial charge >= 0.3 is 0 Å². The van der Waals surface area contributed by atoms with Crippen LogP contribution in [0.3, 0.4) is 0 Å². The Morgan fingerprint density at radius 2 is 2.15 bits per heavy atom. The predicted octanol–water partition coefficient (Wildman–Crippen LogP) is 3.32. The molecular formula is C15H23N3OS. The van der Waals surface area contributed by atoms with Crippen LogP contribution in [0.25, 0.3) is 0 Å². The van der Waals surface area contributed by atoms with Gasteiger partial charge in [-0.25, -0.2) is 9.97 Å². The van der Waals surface area contributed by atoms with Gasteiger partial charge in [0.05, 0.1) is 10.7 Å². The monoisotopic (exact) mass is 293 g/mol. The zero-order valence-corrected chi connectivity index (χ0v) is 13.4. The fourth-order valence-corrected chi connectivity index (χ4v) is 2.99. The Morgan fingerprint density at radius 1 is 1.40 bits per heavy atom. The summed E-state index contributed by atoms with van der Waals surface area (Å²) in [6.07, 6.45) is 4.75. The average Bonchev–Trinajstić information content (AvgIpc) is 2.98. The highest BCUT2D eigenvalue weighted by molar-refractivity contribution is 7.09. The third kappa shape index (κ3) is 3.46. The molecule has 0 saturated heterocycles. The van der Waals surface area contributed by atoms with Gasteiger partial charge < -0.3 is 9.67 Å². The molecule has 2 aromatic rings. The van der Waals surface area contributed by atoms with Crippen LogP contribution in [0.5, 0.6) is 0 Å². The number of aliphatic hydroxyl groups is 1. The molecule has 0 fully saturated rings. The molecule has 20 heavy (non-hydrogen) atoms. The van der Waals surface area contributed by atoms with Crippen molar-refractivity contribution < 1.29 is 5.11 Å². The molecule has 1 atom stereocenters. The fourth-order valence-electron chi connectivity index (χ4n) is 2.04. The summed E-state index contributed by atoms with van der Waals surface area (Å²) in [5.74, 6) is 0.921. The van der Waals surface area contributed by atoms with Crippen molar-refractivity contribution in [3.05, 3.63) is 34.3 Å². The first kappa shape index (κ1) is 15.2. The Kier molecular flexibility index (Phi) is 4.60. The molecule has 0 spiro atoms. The van der Waals surface area contributed by atoms with Gasteiger partial charge in [-0.1, -0.05) is 27.7 Å². The van der Waals surface area contributed by atoms with Crippen LogP contribution in [0.15, 0.2) is 17.8 Å². The highest BCUT2D eigenvalue weighted by Crippen LogP contribution is 2.28. The lowest BCUT2D eigenvalue weighted by molar-refractivity contribution is 0.170. The molecular weight excluding hydrogens is 270 g/mol. The minimum absolute atomic E-state index is 0.0311. The van der Waals surface area contributed by atoms with E-state index in [9.17, 15) is 5.11 Å². The normalized spacial score (nSPS) is 13.7. The molecule has 0 amide bonds. The van der Waals surface area contributed by atoms with Gasteiger partial charge in [0.2, 0.25) is 0 Å². The predicted molar refractivity (Wildman–Crippen MR) is 82.0 cm³/mol. The largest absolute Gasteiger partial charge is 0.386 e. The van der Waals surface area contributed by atoms with Gasteiger partial charge in [-0.15, -0.1) is 11.3 Å². The Bertz CT molecular complexity index is 553. The topological polar surface area (TPSA) is 50.9 Å². The molecule has 2 heterocycles. The van der Waals surface area contributed by atoms with Crippen LogP contribution >= 0.6 is 11.3 Å². The van der Waals surface area contributed by atoms with Crippen molar-refractivity contribution in [2.24, 2.45) is 0 Å². The van der Waals surface area contributed by atoms with E-state index in [-0.39, 0.29) is 5.41 Å². The molecule has 4 nitrogen and oxygen atoms in total. The van der Waals surface area contributed by atoms with Gasteiger partial charge in [0, 0.05) is 36.2 Å². The quantitative estimate of drug-likeness (QED) is 0.920. The standard InChI is InChI=1S/C15H23N3OS/c1-5-7-18-8-6-16-13(18)9-12(19)11-10-20-14(17-11)15(2,3)4/h6,8,10,12,19H,5,7,9H2,1-4H3. The van der Waals surface area contributed by atoms with Crippen molar-refractivity contribution >= 4 is 11.3 Å². The third-order valence-electron chi connectivity index (χ3n) is 3.15. The van der Waals surface area contributed by atoms with E-state index in [1.807, 2.05) is 11.6 Å². The van der Waals surface area contributed by atoms with Crippen LogP contribution in [0.2, 0.25) is 0 Å². The molecule has 2 rings (SSSR count). The number of nitrogens with zero attached hydrogens (tertiary/aromatic N) is 3. The molecule has 0 aliphatic heterocycles. The Morgan fingerprint density at radius 3 is 2.75 bits per heavy atom. The summed E-state index contributed by atoms with van der Waals surface area (Å²) >= 11 is 1.61. The second kappa shape index (κ2) is 6.06. The summed E-state index contributed by atoms with van der Waals surface area (Å²) in [6.45, 7) is 9.48. The summed E-state index contributed by atoms with van der Waals surface area (Å²) in [4.78, 5) is 8.90. The molecule has 0 radical (unpaired) electrons. The van der Waals surface area contributed by atoms with Crippen LogP contribution in [-0.2, 0) is 18.4 Å². The Balaban J connectivity index is 2.10. The molecule has 0 bridgehead atoms. The first-order valence-corrected chi connectivity index (χ1v) is 7.93. The number of aliphatic hydroxyl groups excluding tert-OH is 1. The number of hydrogen-bond acceptors (Lipinski definition) is 4. The van der Waals surface area contributed by atoms with Crippen molar-refractivity contribution in [1.29, 1.82) is 0 Å². The van der Waals surface area contributed by atoms with Gasteiger partial charge in [0.25, 0.3) is 0 Å². The summed E-state index contributed by atoms with van der Waals surface area (Å²) < 4.78 is 2.10. The summed E-state index contributed by atoms with van der Waals surface area (Å²) in [5, 5.41) is 13.4. The number of thiazole rings is 1. The zero-order valence-electron chi connectivity index (χ0n) is 12.6. The van der Waals surface area contributed by atoms with E-state index in [0.29, 0.717) is 6.42 Å².